The zero-order valence-electron chi connectivity index (χ0n) is 21.7. The van der Waals surface area contributed by atoms with Gasteiger partial charge in [0.1, 0.15) is 11.6 Å². The van der Waals surface area contributed by atoms with Crippen molar-refractivity contribution in [2.45, 2.75) is 44.5 Å². The summed E-state index contributed by atoms with van der Waals surface area (Å²) < 4.78 is 7.54. The van der Waals surface area contributed by atoms with Crippen LogP contribution in [0, 0.1) is 20.8 Å². The molecule has 0 aliphatic rings. The number of hydrogen-bond acceptors (Lipinski definition) is 4. The molecule has 0 spiro atoms. The molecule has 0 aliphatic heterocycles. The molecular formula is C31H30ClN3OS. The van der Waals surface area contributed by atoms with Crippen LogP contribution in [0.15, 0.2) is 78.0 Å². The molecule has 0 amide bonds. The van der Waals surface area contributed by atoms with Gasteiger partial charge >= 0.3 is 0 Å². The predicted molar refractivity (Wildman–Crippen MR) is 155 cm³/mol. The standard InChI is InChI=1S/C31H30ClN3OS/c1-19-13-20(2)29(21(3)14-19)18-37-31-34-33-30(35(31)27-8-6-7-26(32)17-27)22(4)23-9-10-25-16-28(36-5)12-11-24(25)15-23/h6-17,22H,18H2,1-5H3/t22-/m0/s1. The maximum Gasteiger partial charge on any atom is 0.196 e. The highest BCUT2D eigenvalue weighted by Gasteiger charge is 2.22. The van der Waals surface area contributed by atoms with E-state index in [4.69, 9.17) is 21.4 Å². The lowest BCUT2D eigenvalue weighted by molar-refractivity contribution is 0.415. The minimum Gasteiger partial charge on any atom is -0.497 e. The first-order chi connectivity index (χ1) is 17.8. The molecule has 1 atom stereocenters. The third kappa shape index (κ3) is 5.25. The Hall–Kier alpha value is -3.28. The molecule has 0 N–H and O–H groups in total. The summed E-state index contributed by atoms with van der Waals surface area (Å²) in [5, 5.41) is 13.2. The number of hydrogen-bond donors (Lipinski definition) is 0. The molecule has 1 heterocycles. The fraction of sp³-hybridized carbons (Fsp3) is 0.226. The Morgan fingerprint density at radius 2 is 1.62 bits per heavy atom. The zero-order chi connectivity index (χ0) is 26.1. The Labute approximate surface area is 227 Å². The van der Waals surface area contributed by atoms with Crippen molar-refractivity contribution in [3.63, 3.8) is 0 Å². The third-order valence-electron chi connectivity index (χ3n) is 6.87. The second kappa shape index (κ2) is 10.6. The van der Waals surface area contributed by atoms with Crippen molar-refractivity contribution in [3.8, 4) is 11.4 Å². The van der Waals surface area contributed by atoms with E-state index in [2.05, 4.69) is 85.9 Å². The zero-order valence-corrected chi connectivity index (χ0v) is 23.3. The van der Waals surface area contributed by atoms with Gasteiger partial charge in [0.15, 0.2) is 5.16 Å². The number of halogens is 1. The Morgan fingerprint density at radius 3 is 2.35 bits per heavy atom. The van der Waals surface area contributed by atoms with Gasteiger partial charge in [-0.15, -0.1) is 10.2 Å². The molecule has 37 heavy (non-hydrogen) atoms. The van der Waals surface area contributed by atoms with E-state index in [0.717, 1.165) is 33.6 Å². The topological polar surface area (TPSA) is 39.9 Å². The first-order valence-corrected chi connectivity index (χ1v) is 13.7. The minimum atomic E-state index is 0.0233. The molecule has 0 fully saturated rings. The molecule has 1 aromatic heterocycles. The first kappa shape index (κ1) is 25.4. The van der Waals surface area contributed by atoms with Crippen molar-refractivity contribution in [3.05, 3.63) is 111 Å². The highest BCUT2D eigenvalue weighted by atomic mass is 35.5. The van der Waals surface area contributed by atoms with Gasteiger partial charge in [-0.25, -0.2) is 0 Å². The van der Waals surface area contributed by atoms with Crippen molar-refractivity contribution in [1.29, 1.82) is 0 Å². The van der Waals surface area contributed by atoms with Crippen LogP contribution in [-0.4, -0.2) is 21.9 Å². The van der Waals surface area contributed by atoms with Crippen LogP contribution in [0.25, 0.3) is 16.5 Å². The van der Waals surface area contributed by atoms with Crippen molar-refractivity contribution in [2.24, 2.45) is 0 Å². The summed E-state index contributed by atoms with van der Waals surface area (Å²) in [6.45, 7) is 8.68. The number of aromatic nitrogens is 3. The molecule has 4 nitrogen and oxygen atoms in total. The number of thioether (sulfide) groups is 1. The molecule has 0 radical (unpaired) electrons. The van der Waals surface area contributed by atoms with Gasteiger partial charge in [-0.2, -0.15) is 0 Å². The summed E-state index contributed by atoms with van der Waals surface area (Å²) >= 11 is 8.12. The van der Waals surface area contributed by atoms with Crippen LogP contribution < -0.4 is 4.74 Å². The highest BCUT2D eigenvalue weighted by molar-refractivity contribution is 7.98. The van der Waals surface area contributed by atoms with Crippen molar-refractivity contribution >= 4 is 34.1 Å². The largest absolute Gasteiger partial charge is 0.497 e. The molecule has 6 heteroatoms. The number of fused-ring (bicyclic) bond motifs is 1. The number of aryl methyl sites for hydroxylation is 3. The van der Waals surface area contributed by atoms with E-state index in [0.29, 0.717) is 5.02 Å². The van der Waals surface area contributed by atoms with Crippen LogP contribution in [0.1, 0.15) is 46.5 Å². The van der Waals surface area contributed by atoms with Gasteiger partial charge in [-0.1, -0.05) is 78.3 Å². The van der Waals surface area contributed by atoms with Crippen LogP contribution in [0.5, 0.6) is 5.75 Å². The van der Waals surface area contributed by atoms with Crippen LogP contribution >= 0.6 is 23.4 Å². The Kier molecular flexibility index (Phi) is 7.27. The molecule has 4 aromatic carbocycles. The van der Waals surface area contributed by atoms with Gasteiger partial charge in [-0.05, 0) is 84.1 Å². The Balaban J connectivity index is 1.54. The van der Waals surface area contributed by atoms with Crippen molar-refractivity contribution in [2.75, 3.05) is 7.11 Å². The molecule has 5 rings (SSSR count). The Morgan fingerprint density at radius 1 is 0.892 bits per heavy atom. The van der Waals surface area contributed by atoms with E-state index in [9.17, 15) is 0 Å². The van der Waals surface area contributed by atoms with Gasteiger partial charge in [0.2, 0.25) is 0 Å². The van der Waals surface area contributed by atoms with E-state index < -0.39 is 0 Å². The van der Waals surface area contributed by atoms with E-state index >= 15 is 0 Å². The smallest absolute Gasteiger partial charge is 0.196 e. The Bertz CT molecular complexity index is 1570. The number of ether oxygens (including phenoxy) is 1. The van der Waals surface area contributed by atoms with E-state index in [1.807, 2.05) is 24.3 Å². The maximum atomic E-state index is 6.41. The summed E-state index contributed by atoms with van der Waals surface area (Å²) in [5.74, 6) is 2.59. The summed E-state index contributed by atoms with van der Waals surface area (Å²) in [6.07, 6.45) is 0. The second-order valence-corrected chi connectivity index (χ2v) is 10.9. The molecule has 5 aromatic rings. The van der Waals surface area contributed by atoms with Crippen LogP contribution in [-0.2, 0) is 5.75 Å². The molecule has 0 saturated heterocycles. The summed E-state index contributed by atoms with van der Waals surface area (Å²) in [6, 6.07) is 25.1. The quantitative estimate of drug-likeness (QED) is 0.199. The maximum absolute atomic E-state index is 6.41. The number of rotatable bonds is 7. The summed E-state index contributed by atoms with van der Waals surface area (Å²) in [5.41, 5.74) is 7.38. The van der Waals surface area contributed by atoms with Gasteiger partial charge in [0.25, 0.3) is 0 Å². The van der Waals surface area contributed by atoms with E-state index in [1.54, 1.807) is 18.9 Å². The fourth-order valence-electron chi connectivity index (χ4n) is 4.88. The van der Waals surface area contributed by atoms with Crippen LogP contribution in [0.2, 0.25) is 5.02 Å². The molecule has 0 bridgehead atoms. The molecule has 0 saturated carbocycles. The molecule has 188 valence electrons. The van der Waals surface area contributed by atoms with Gasteiger partial charge in [-0.3, -0.25) is 4.57 Å². The predicted octanol–water partition coefficient (Wildman–Crippen LogP) is 8.45. The lowest BCUT2D eigenvalue weighted by Gasteiger charge is -2.17. The van der Waals surface area contributed by atoms with Gasteiger partial charge in [0.05, 0.1) is 12.8 Å². The van der Waals surface area contributed by atoms with Crippen LogP contribution in [0.4, 0.5) is 0 Å². The normalized spacial score (nSPS) is 12.2. The van der Waals surface area contributed by atoms with Gasteiger partial charge in [0, 0.05) is 16.7 Å². The molecular weight excluding hydrogens is 498 g/mol. The molecule has 0 aliphatic carbocycles. The SMILES string of the molecule is COc1ccc2cc([C@H](C)c3nnc(SCc4c(C)cc(C)cc4C)n3-c3cccc(Cl)c3)ccc2c1. The third-order valence-corrected chi connectivity index (χ3v) is 8.06. The van der Waals surface area contributed by atoms with E-state index in [1.165, 1.54) is 33.2 Å². The van der Waals surface area contributed by atoms with E-state index in [-0.39, 0.29) is 5.92 Å². The second-order valence-electron chi connectivity index (χ2n) is 9.52. The van der Waals surface area contributed by atoms with Crippen molar-refractivity contribution in [1.82, 2.24) is 14.8 Å². The monoisotopic (exact) mass is 527 g/mol. The lowest BCUT2D eigenvalue weighted by atomic mass is 9.97. The first-order valence-electron chi connectivity index (χ1n) is 12.3. The number of benzene rings is 4. The highest BCUT2D eigenvalue weighted by Crippen LogP contribution is 2.34. The fourth-order valence-corrected chi connectivity index (χ4v) is 6.21. The van der Waals surface area contributed by atoms with Crippen molar-refractivity contribution < 1.29 is 4.74 Å². The number of nitrogens with zero attached hydrogens (tertiary/aromatic N) is 3. The molecule has 0 unspecified atom stereocenters. The average molecular weight is 528 g/mol. The number of methoxy groups -OCH3 is 1. The minimum absolute atomic E-state index is 0.0233. The average Bonchev–Trinajstić information content (AvgIpc) is 3.31. The summed E-state index contributed by atoms with van der Waals surface area (Å²) in [4.78, 5) is 0. The lowest BCUT2D eigenvalue weighted by Crippen LogP contribution is -2.08. The van der Waals surface area contributed by atoms with Gasteiger partial charge < -0.3 is 4.74 Å². The summed E-state index contributed by atoms with van der Waals surface area (Å²) in [7, 11) is 1.69. The van der Waals surface area contributed by atoms with Crippen LogP contribution in [0.3, 0.4) is 0 Å².